The van der Waals surface area contributed by atoms with Crippen LogP contribution in [0.1, 0.15) is 17.5 Å². The number of carbonyl (C=O) groups excluding carboxylic acids is 3. The van der Waals surface area contributed by atoms with Gasteiger partial charge in [-0.25, -0.2) is 14.5 Å². The molecule has 3 aliphatic rings. The molecule has 0 aliphatic carbocycles. The van der Waals surface area contributed by atoms with Crippen LogP contribution in [-0.4, -0.2) is 57.4 Å². The summed E-state index contributed by atoms with van der Waals surface area (Å²) in [6.45, 7) is 1.83. The number of fused-ring (bicyclic) bond motifs is 5. The smallest absolute Gasteiger partial charge is 0.410 e. The van der Waals surface area contributed by atoms with Crippen LogP contribution in [0.2, 0.25) is 5.02 Å². The summed E-state index contributed by atoms with van der Waals surface area (Å²) in [4.78, 5) is 53.6. The van der Waals surface area contributed by atoms with Gasteiger partial charge in [-0.15, -0.1) is 0 Å². The fraction of sp³-hybridized carbons (Fsp3) is 0.273. The summed E-state index contributed by atoms with van der Waals surface area (Å²) in [5, 5.41) is 20.1. The lowest BCUT2D eigenvalue weighted by atomic mass is 10.1. The van der Waals surface area contributed by atoms with Crippen molar-refractivity contribution in [2.75, 3.05) is 11.4 Å². The van der Waals surface area contributed by atoms with E-state index >= 15 is 0 Å². The molecule has 3 fully saturated rings. The number of carbonyl (C=O) groups is 3. The number of hydrogen-bond acceptors (Lipinski definition) is 7. The zero-order chi connectivity index (χ0) is 24.3. The highest BCUT2D eigenvalue weighted by Crippen LogP contribution is 2.44. The van der Waals surface area contributed by atoms with E-state index in [0.29, 0.717) is 17.7 Å². The van der Waals surface area contributed by atoms with Crippen molar-refractivity contribution < 1.29 is 24.0 Å². The molecule has 4 amide bonds. The van der Waals surface area contributed by atoms with Crippen LogP contribution in [0.15, 0.2) is 36.4 Å². The number of non-ortho nitro benzene ring substituents is 1. The highest BCUT2D eigenvalue weighted by Gasteiger charge is 2.63. The van der Waals surface area contributed by atoms with Gasteiger partial charge in [0.15, 0.2) is 0 Å². The molecular formula is C22H16ClN5O6. The number of halogens is 1. The van der Waals surface area contributed by atoms with E-state index in [1.807, 2.05) is 6.07 Å². The molecule has 3 heterocycles. The Kier molecular flexibility index (Phi) is 4.91. The number of hydrogen-bond donors (Lipinski definition) is 0. The minimum atomic E-state index is -0.857. The van der Waals surface area contributed by atoms with Crippen LogP contribution < -0.4 is 9.64 Å². The van der Waals surface area contributed by atoms with E-state index in [0.717, 1.165) is 4.90 Å². The van der Waals surface area contributed by atoms with Gasteiger partial charge < -0.3 is 14.5 Å². The molecule has 34 heavy (non-hydrogen) atoms. The topological polar surface area (TPSA) is 137 Å². The minimum absolute atomic E-state index is 0.133. The molecular weight excluding hydrogens is 466 g/mol. The van der Waals surface area contributed by atoms with Crippen molar-refractivity contribution in [3.63, 3.8) is 0 Å². The number of nitrogens with zero attached hydrogens (tertiary/aromatic N) is 5. The molecule has 2 bridgehead atoms. The monoisotopic (exact) mass is 481 g/mol. The largest absolute Gasteiger partial charge is 0.415 e. The highest BCUT2D eigenvalue weighted by atomic mass is 35.5. The summed E-state index contributed by atoms with van der Waals surface area (Å²) < 4.78 is 5.36. The second kappa shape index (κ2) is 7.71. The maximum Gasteiger partial charge on any atom is 0.415 e. The number of imide groups is 1. The molecule has 172 valence electrons. The van der Waals surface area contributed by atoms with Crippen LogP contribution in [0, 0.1) is 28.4 Å². The predicted molar refractivity (Wildman–Crippen MR) is 117 cm³/mol. The molecule has 0 saturated carbocycles. The number of piperazine rings is 1. The molecule has 3 saturated heterocycles. The van der Waals surface area contributed by atoms with E-state index < -0.39 is 35.0 Å². The standard InChI is InChI=1S/C22H16ClN5O6/c1-11-16(7-2-12(9-24)18(11)23)27-20(29)19-17-8-14(26(19)21(27)30)10-25(17)22(31)34-15-5-3-13(4-6-15)28(32)33/h2-7,14,17,19H,8,10H2,1H3/t14?,17?,19-/m1/s1. The van der Waals surface area contributed by atoms with Crippen molar-refractivity contribution in [1.29, 1.82) is 5.26 Å². The number of nitro benzene ring substituents is 1. The van der Waals surface area contributed by atoms with Crippen LogP contribution in [0.3, 0.4) is 0 Å². The Balaban J connectivity index is 1.37. The third kappa shape index (κ3) is 3.07. The van der Waals surface area contributed by atoms with Gasteiger partial charge in [-0.05, 0) is 43.2 Å². The van der Waals surface area contributed by atoms with Crippen LogP contribution >= 0.6 is 11.6 Å². The van der Waals surface area contributed by atoms with Crippen molar-refractivity contribution >= 4 is 41.0 Å². The lowest BCUT2D eigenvalue weighted by Crippen LogP contribution is -2.55. The molecule has 3 aliphatic heterocycles. The Labute approximate surface area is 197 Å². The Morgan fingerprint density at radius 3 is 2.59 bits per heavy atom. The number of ether oxygens (including phenoxy) is 1. The van der Waals surface area contributed by atoms with Gasteiger partial charge in [0.2, 0.25) is 0 Å². The maximum atomic E-state index is 13.3. The Morgan fingerprint density at radius 1 is 1.24 bits per heavy atom. The second-order valence-corrected chi connectivity index (χ2v) is 8.60. The first-order valence-electron chi connectivity index (χ1n) is 10.3. The molecule has 2 unspecified atom stereocenters. The fourth-order valence-corrected chi connectivity index (χ4v) is 5.09. The number of likely N-dealkylation sites (tertiary alicyclic amines) is 1. The first-order chi connectivity index (χ1) is 16.2. The van der Waals surface area contributed by atoms with Crippen LogP contribution in [0.4, 0.5) is 21.0 Å². The Bertz CT molecular complexity index is 1310. The lowest BCUT2D eigenvalue weighted by molar-refractivity contribution is -0.384. The van der Waals surface area contributed by atoms with Gasteiger partial charge in [-0.2, -0.15) is 5.26 Å². The van der Waals surface area contributed by atoms with E-state index in [1.165, 1.54) is 46.2 Å². The van der Waals surface area contributed by atoms with E-state index in [-0.39, 0.29) is 34.6 Å². The third-order valence-electron chi connectivity index (χ3n) is 6.47. The molecule has 2 aromatic rings. The van der Waals surface area contributed by atoms with E-state index in [9.17, 15) is 24.5 Å². The number of urea groups is 1. The molecule has 2 aromatic carbocycles. The molecule has 0 radical (unpaired) electrons. The molecule has 3 atom stereocenters. The van der Waals surface area contributed by atoms with Gasteiger partial charge >= 0.3 is 12.1 Å². The Hall–Kier alpha value is -4.17. The SMILES string of the molecule is Cc1c(N2C(=O)[C@H]3C4CC(CN4C(=O)Oc4ccc([N+](=O)[O-])cc4)N3C2=O)ccc(C#N)c1Cl. The summed E-state index contributed by atoms with van der Waals surface area (Å²) in [6, 6.07) is 7.76. The summed E-state index contributed by atoms with van der Waals surface area (Å²) in [7, 11) is 0. The summed E-state index contributed by atoms with van der Waals surface area (Å²) in [5.41, 5.74) is 0.838. The third-order valence-corrected chi connectivity index (χ3v) is 6.96. The number of rotatable bonds is 3. The number of nitro groups is 1. The van der Waals surface area contributed by atoms with Crippen LogP contribution in [0.25, 0.3) is 0 Å². The average molecular weight is 482 g/mol. The number of benzene rings is 2. The average Bonchev–Trinajstić information content (AvgIpc) is 3.48. The summed E-state index contributed by atoms with van der Waals surface area (Å²) in [6.07, 6.45) is -0.254. The maximum absolute atomic E-state index is 13.3. The number of nitriles is 1. The molecule has 11 nitrogen and oxygen atoms in total. The van der Waals surface area contributed by atoms with Crippen LogP contribution in [0.5, 0.6) is 5.75 Å². The highest BCUT2D eigenvalue weighted by molar-refractivity contribution is 6.33. The summed E-state index contributed by atoms with van der Waals surface area (Å²) >= 11 is 6.24. The van der Waals surface area contributed by atoms with Crippen molar-refractivity contribution in [3.8, 4) is 11.8 Å². The minimum Gasteiger partial charge on any atom is -0.410 e. The van der Waals surface area contributed by atoms with Gasteiger partial charge in [0.1, 0.15) is 17.9 Å². The molecule has 5 rings (SSSR count). The number of amides is 4. The molecule has 0 aromatic heterocycles. The second-order valence-electron chi connectivity index (χ2n) is 8.22. The van der Waals surface area contributed by atoms with E-state index in [1.54, 1.807) is 6.92 Å². The normalized spacial score (nSPS) is 22.7. The van der Waals surface area contributed by atoms with Gasteiger partial charge in [0, 0.05) is 18.7 Å². The van der Waals surface area contributed by atoms with Gasteiger partial charge in [0.05, 0.1) is 33.3 Å². The fourth-order valence-electron chi connectivity index (χ4n) is 4.89. The van der Waals surface area contributed by atoms with Crippen molar-refractivity contribution in [2.24, 2.45) is 0 Å². The van der Waals surface area contributed by atoms with Crippen molar-refractivity contribution in [3.05, 3.63) is 62.7 Å². The zero-order valence-electron chi connectivity index (χ0n) is 17.7. The van der Waals surface area contributed by atoms with Gasteiger partial charge in [-0.3, -0.25) is 14.9 Å². The quantitative estimate of drug-likeness (QED) is 0.372. The van der Waals surface area contributed by atoms with Gasteiger partial charge in [-0.1, -0.05) is 11.6 Å². The molecule has 0 N–H and O–H groups in total. The Morgan fingerprint density at radius 2 is 1.94 bits per heavy atom. The summed E-state index contributed by atoms with van der Waals surface area (Å²) in [5.74, 6) is -0.345. The molecule has 0 spiro atoms. The first-order valence-corrected chi connectivity index (χ1v) is 10.7. The zero-order valence-corrected chi connectivity index (χ0v) is 18.4. The lowest BCUT2D eigenvalue weighted by Gasteiger charge is -2.34. The molecule has 12 heteroatoms. The predicted octanol–water partition coefficient (Wildman–Crippen LogP) is 3.22. The van der Waals surface area contributed by atoms with Crippen molar-refractivity contribution in [2.45, 2.75) is 31.5 Å². The van der Waals surface area contributed by atoms with Crippen molar-refractivity contribution in [1.82, 2.24) is 9.80 Å². The van der Waals surface area contributed by atoms with E-state index in [4.69, 9.17) is 21.6 Å². The first kappa shape index (κ1) is 21.7. The van der Waals surface area contributed by atoms with E-state index in [2.05, 4.69) is 0 Å². The van der Waals surface area contributed by atoms with Gasteiger partial charge in [0.25, 0.3) is 11.6 Å². The number of anilines is 1. The van der Waals surface area contributed by atoms with Crippen LogP contribution in [-0.2, 0) is 4.79 Å².